The molecule has 3 rings (SSSR count). The van der Waals surface area contributed by atoms with Crippen molar-refractivity contribution in [1.82, 2.24) is 10.2 Å². The summed E-state index contributed by atoms with van der Waals surface area (Å²) in [5.41, 5.74) is 2.05. The molecule has 1 fully saturated rings. The van der Waals surface area contributed by atoms with Crippen LogP contribution in [0.2, 0.25) is 10.0 Å². The number of halogens is 2. The lowest BCUT2D eigenvalue weighted by Gasteiger charge is -2.33. The lowest BCUT2D eigenvalue weighted by molar-refractivity contribution is -0.139. The van der Waals surface area contributed by atoms with Crippen LogP contribution in [0.1, 0.15) is 50.2 Å². The predicted octanol–water partition coefficient (Wildman–Crippen LogP) is 4.93. The number of carbonyl (C=O) groups excluding carboxylic acids is 2. The Kier molecular flexibility index (Phi) is 9.66. The van der Waals surface area contributed by atoms with Gasteiger partial charge in [0.2, 0.25) is 21.8 Å². The second-order valence-corrected chi connectivity index (χ2v) is 12.1. The van der Waals surface area contributed by atoms with Gasteiger partial charge < -0.3 is 10.2 Å². The third-order valence-electron chi connectivity index (χ3n) is 6.45. The van der Waals surface area contributed by atoms with E-state index in [9.17, 15) is 18.0 Å². The Hall–Kier alpha value is -2.29. The average molecular weight is 555 g/mol. The van der Waals surface area contributed by atoms with Crippen molar-refractivity contribution >= 4 is 50.7 Å². The molecule has 1 unspecified atom stereocenters. The SMILES string of the molecule is Cc1ccc(CN(C(=O)CN(c2ccc(Cl)cc2Cl)S(C)(=O)=O)C(C)C(=O)NC2CCCCC2)cc1. The van der Waals surface area contributed by atoms with Crippen molar-refractivity contribution < 1.29 is 18.0 Å². The van der Waals surface area contributed by atoms with Crippen LogP contribution < -0.4 is 9.62 Å². The van der Waals surface area contributed by atoms with Gasteiger partial charge in [0.25, 0.3) is 0 Å². The largest absolute Gasteiger partial charge is 0.352 e. The molecule has 0 aromatic heterocycles. The number of rotatable bonds is 9. The molecule has 0 saturated heterocycles. The number of hydrogen-bond donors (Lipinski definition) is 1. The smallest absolute Gasteiger partial charge is 0.244 e. The predicted molar refractivity (Wildman–Crippen MR) is 145 cm³/mol. The van der Waals surface area contributed by atoms with E-state index >= 15 is 0 Å². The molecule has 0 heterocycles. The highest BCUT2D eigenvalue weighted by Crippen LogP contribution is 2.30. The van der Waals surface area contributed by atoms with Gasteiger partial charge >= 0.3 is 0 Å². The average Bonchev–Trinajstić information content (AvgIpc) is 2.82. The minimum Gasteiger partial charge on any atom is -0.352 e. The molecule has 2 aromatic rings. The van der Waals surface area contributed by atoms with E-state index in [1.807, 2.05) is 31.2 Å². The van der Waals surface area contributed by atoms with Crippen LogP contribution in [-0.2, 0) is 26.2 Å². The number of nitrogens with one attached hydrogen (secondary N) is 1. The molecule has 36 heavy (non-hydrogen) atoms. The van der Waals surface area contributed by atoms with Crippen LogP contribution in [0.25, 0.3) is 0 Å². The summed E-state index contributed by atoms with van der Waals surface area (Å²) in [6.45, 7) is 3.29. The fraction of sp³-hybridized carbons (Fsp3) is 0.462. The monoisotopic (exact) mass is 553 g/mol. The number of aryl methyl sites for hydroxylation is 1. The Labute approximate surface area is 223 Å². The molecule has 10 heteroatoms. The Bertz CT molecular complexity index is 1180. The third-order valence-corrected chi connectivity index (χ3v) is 8.11. The summed E-state index contributed by atoms with van der Waals surface area (Å²) >= 11 is 12.3. The van der Waals surface area contributed by atoms with Gasteiger partial charge in [0.1, 0.15) is 12.6 Å². The Morgan fingerprint density at radius 3 is 2.28 bits per heavy atom. The second-order valence-electron chi connectivity index (χ2n) is 9.39. The molecule has 2 amide bonds. The van der Waals surface area contributed by atoms with Gasteiger partial charge in [-0.2, -0.15) is 0 Å². The number of hydrogen-bond acceptors (Lipinski definition) is 4. The standard InChI is InChI=1S/C26H33Cl2N3O4S/c1-18-9-11-20(12-10-18)16-30(19(2)26(33)29-22-7-5-4-6-8-22)25(32)17-31(36(3,34)35)24-14-13-21(27)15-23(24)28/h9-15,19,22H,4-8,16-17H2,1-3H3,(H,29,33). The highest BCUT2D eigenvalue weighted by atomic mass is 35.5. The Balaban J connectivity index is 1.88. The zero-order chi connectivity index (χ0) is 26.5. The van der Waals surface area contributed by atoms with Gasteiger partial charge in [0, 0.05) is 17.6 Å². The van der Waals surface area contributed by atoms with E-state index in [1.54, 1.807) is 6.92 Å². The maximum absolute atomic E-state index is 13.6. The number of benzene rings is 2. The summed E-state index contributed by atoms with van der Waals surface area (Å²) in [6.07, 6.45) is 6.14. The van der Waals surface area contributed by atoms with Crippen molar-refractivity contribution in [3.05, 3.63) is 63.6 Å². The quantitative estimate of drug-likeness (QED) is 0.476. The van der Waals surface area contributed by atoms with Gasteiger partial charge in [0.15, 0.2) is 0 Å². The normalized spacial score (nSPS) is 15.2. The fourth-order valence-corrected chi connectivity index (χ4v) is 5.74. The summed E-state index contributed by atoms with van der Waals surface area (Å²) < 4.78 is 26.3. The molecule has 1 N–H and O–H groups in total. The van der Waals surface area contributed by atoms with Crippen LogP contribution >= 0.6 is 23.2 Å². The van der Waals surface area contributed by atoms with Crippen LogP contribution in [0.4, 0.5) is 5.69 Å². The maximum atomic E-state index is 13.6. The Morgan fingerprint density at radius 2 is 1.69 bits per heavy atom. The minimum atomic E-state index is -3.87. The lowest BCUT2D eigenvalue weighted by Crippen LogP contribution is -2.53. The maximum Gasteiger partial charge on any atom is 0.244 e. The molecule has 1 aliphatic carbocycles. The molecule has 2 aromatic carbocycles. The van der Waals surface area contributed by atoms with Crippen molar-refractivity contribution in [2.75, 3.05) is 17.1 Å². The summed E-state index contributed by atoms with van der Waals surface area (Å²) in [6, 6.07) is 11.3. The van der Waals surface area contributed by atoms with Crippen molar-refractivity contribution in [2.24, 2.45) is 0 Å². The van der Waals surface area contributed by atoms with Crippen LogP contribution in [0.3, 0.4) is 0 Å². The van der Waals surface area contributed by atoms with Crippen molar-refractivity contribution in [3.63, 3.8) is 0 Å². The van der Waals surface area contributed by atoms with E-state index in [2.05, 4.69) is 5.32 Å². The molecule has 0 radical (unpaired) electrons. The molecular formula is C26H33Cl2N3O4S. The molecule has 1 atom stereocenters. The van der Waals surface area contributed by atoms with Crippen molar-refractivity contribution in [1.29, 1.82) is 0 Å². The van der Waals surface area contributed by atoms with E-state index in [0.717, 1.165) is 53.8 Å². The van der Waals surface area contributed by atoms with Gasteiger partial charge in [-0.1, -0.05) is 72.3 Å². The number of carbonyl (C=O) groups is 2. The zero-order valence-corrected chi connectivity index (χ0v) is 23.2. The number of sulfonamides is 1. The van der Waals surface area contributed by atoms with Gasteiger partial charge in [-0.25, -0.2) is 8.42 Å². The molecule has 7 nitrogen and oxygen atoms in total. The third kappa shape index (κ3) is 7.60. The van der Waals surface area contributed by atoms with Gasteiger partial charge in [-0.3, -0.25) is 13.9 Å². The van der Waals surface area contributed by atoms with Crippen LogP contribution in [0, 0.1) is 6.92 Å². The first-order valence-electron chi connectivity index (χ1n) is 12.0. The lowest BCUT2D eigenvalue weighted by atomic mass is 9.95. The molecule has 1 aliphatic rings. The van der Waals surface area contributed by atoms with E-state index in [-0.39, 0.29) is 29.2 Å². The summed E-state index contributed by atoms with van der Waals surface area (Å²) in [5, 5.41) is 3.53. The van der Waals surface area contributed by atoms with Gasteiger partial charge in [0.05, 0.1) is 17.0 Å². The second kappa shape index (κ2) is 12.3. The molecule has 1 saturated carbocycles. The van der Waals surface area contributed by atoms with Crippen LogP contribution in [0.5, 0.6) is 0 Å². The van der Waals surface area contributed by atoms with Gasteiger partial charge in [-0.15, -0.1) is 0 Å². The molecule has 0 bridgehead atoms. The summed E-state index contributed by atoms with van der Waals surface area (Å²) in [7, 11) is -3.87. The summed E-state index contributed by atoms with van der Waals surface area (Å²) in [5.74, 6) is -0.767. The Morgan fingerprint density at radius 1 is 1.06 bits per heavy atom. The highest BCUT2D eigenvalue weighted by molar-refractivity contribution is 7.92. The number of nitrogens with zero attached hydrogens (tertiary/aromatic N) is 2. The molecule has 196 valence electrons. The van der Waals surface area contributed by atoms with Crippen LogP contribution in [0.15, 0.2) is 42.5 Å². The van der Waals surface area contributed by atoms with E-state index < -0.39 is 28.5 Å². The summed E-state index contributed by atoms with van der Waals surface area (Å²) in [4.78, 5) is 28.2. The first-order valence-corrected chi connectivity index (χ1v) is 14.6. The molecule has 0 aliphatic heterocycles. The highest BCUT2D eigenvalue weighted by Gasteiger charge is 2.31. The van der Waals surface area contributed by atoms with Crippen molar-refractivity contribution in [2.45, 2.75) is 64.6 Å². The zero-order valence-electron chi connectivity index (χ0n) is 20.8. The molecule has 0 spiro atoms. The minimum absolute atomic E-state index is 0.0884. The number of amides is 2. The van der Waals surface area contributed by atoms with E-state index in [1.165, 1.54) is 23.1 Å². The van der Waals surface area contributed by atoms with E-state index in [0.29, 0.717) is 5.02 Å². The van der Waals surface area contributed by atoms with Gasteiger partial charge in [-0.05, 0) is 50.5 Å². The molecular weight excluding hydrogens is 521 g/mol. The van der Waals surface area contributed by atoms with Crippen LogP contribution in [-0.4, -0.2) is 50.0 Å². The first kappa shape index (κ1) is 28.3. The van der Waals surface area contributed by atoms with Crippen molar-refractivity contribution in [3.8, 4) is 0 Å². The number of anilines is 1. The fourth-order valence-electron chi connectivity index (χ4n) is 4.32. The first-order chi connectivity index (χ1) is 17.0. The van der Waals surface area contributed by atoms with E-state index in [4.69, 9.17) is 23.2 Å². The topological polar surface area (TPSA) is 86.8 Å².